The van der Waals surface area contributed by atoms with Crippen LogP contribution in [0.2, 0.25) is 0 Å². The van der Waals surface area contributed by atoms with Crippen molar-refractivity contribution in [2.24, 2.45) is 5.73 Å². The topological polar surface area (TPSA) is 84.1 Å². The van der Waals surface area contributed by atoms with Crippen molar-refractivity contribution in [1.29, 1.82) is 0 Å². The zero-order valence-corrected chi connectivity index (χ0v) is 13.1. The van der Waals surface area contributed by atoms with Gasteiger partial charge in [-0.05, 0) is 40.0 Å². The van der Waals surface area contributed by atoms with Gasteiger partial charge in [0.15, 0.2) is 0 Å². The van der Waals surface area contributed by atoms with Gasteiger partial charge in [-0.2, -0.15) is 0 Å². The van der Waals surface area contributed by atoms with Crippen LogP contribution in [0.15, 0.2) is 12.4 Å². The summed E-state index contributed by atoms with van der Waals surface area (Å²) in [6.45, 7) is 7.87. The molecule has 0 radical (unpaired) electrons. The molecule has 1 aliphatic heterocycles. The highest BCUT2D eigenvalue weighted by Crippen LogP contribution is 2.21. The first-order valence-corrected chi connectivity index (χ1v) is 7.49. The lowest BCUT2D eigenvalue weighted by Crippen LogP contribution is -2.48. The summed E-state index contributed by atoms with van der Waals surface area (Å²) >= 11 is 0. The highest BCUT2D eigenvalue weighted by molar-refractivity contribution is 5.83. The van der Waals surface area contributed by atoms with Crippen molar-refractivity contribution in [2.45, 2.75) is 58.2 Å². The third-order valence-corrected chi connectivity index (χ3v) is 3.60. The number of carbonyl (C=O) groups excluding carboxylic acids is 1. The molecule has 21 heavy (non-hydrogen) atoms. The molecule has 0 bridgehead atoms. The molecule has 6 nitrogen and oxygen atoms in total. The van der Waals surface area contributed by atoms with Crippen molar-refractivity contribution in [3.05, 3.63) is 18.0 Å². The molecule has 1 amide bonds. The van der Waals surface area contributed by atoms with Crippen molar-refractivity contribution in [2.75, 3.05) is 11.4 Å². The Morgan fingerprint density at radius 2 is 2.05 bits per heavy atom. The maximum absolute atomic E-state index is 11.5. The molecular formula is C15H25N5O. The molecule has 3 N–H and O–H groups in total. The number of nitrogens with zero attached hydrogens (tertiary/aromatic N) is 3. The summed E-state index contributed by atoms with van der Waals surface area (Å²) in [5.74, 6) is 0.301. The van der Waals surface area contributed by atoms with E-state index in [2.05, 4.69) is 36.1 Å². The molecule has 0 aliphatic carbocycles. The summed E-state index contributed by atoms with van der Waals surface area (Å²) in [6.07, 6.45) is 6.48. The second-order valence-corrected chi connectivity index (χ2v) is 6.60. The van der Waals surface area contributed by atoms with Gasteiger partial charge in [-0.15, -0.1) is 0 Å². The fourth-order valence-electron chi connectivity index (χ4n) is 2.42. The minimum absolute atomic E-state index is 0.0581. The quantitative estimate of drug-likeness (QED) is 0.871. The number of nitrogens with two attached hydrogens (primary N) is 1. The van der Waals surface area contributed by atoms with Crippen molar-refractivity contribution in [3.8, 4) is 0 Å². The third kappa shape index (κ3) is 4.39. The number of aromatic nitrogens is 2. The Labute approximate surface area is 126 Å². The Hall–Kier alpha value is -1.69. The Morgan fingerprint density at radius 3 is 2.62 bits per heavy atom. The molecule has 1 aliphatic rings. The number of hydrogen-bond acceptors (Lipinski definition) is 5. The van der Waals surface area contributed by atoms with E-state index in [4.69, 9.17) is 5.73 Å². The summed E-state index contributed by atoms with van der Waals surface area (Å²) in [5, 5.41) is 3.40. The van der Waals surface area contributed by atoms with Gasteiger partial charge in [-0.3, -0.25) is 4.79 Å². The number of rotatable bonds is 4. The molecular weight excluding hydrogens is 266 g/mol. The molecule has 2 heterocycles. The van der Waals surface area contributed by atoms with Crippen LogP contribution < -0.4 is 16.0 Å². The number of anilines is 1. The Kier molecular flexibility index (Phi) is 4.77. The lowest BCUT2D eigenvalue weighted by atomic mass is 10.0. The van der Waals surface area contributed by atoms with Crippen molar-refractivity contribution < 1.29 is 4.79 Å². The number of hydrogen-bond donors (Lipinski definition) is 2. The summed E-state index contributed by atoms with van der Waals surface area (Å²) in [7, 11) is 0. The van der Waals surface area contributed by atoms with Crippen molar-refractivity contribution >= 4 is 11.9 Å². The Morgan fingerprint density at radius 1 is 1.38 bits per heavy atom. The number of amides is 1. The molecule has 1 aromatic heterocycles. The van der Waals surface area contributed by atoms with E-state index in [0.29, 0.717) is 5.95 Å². The van der Waals surface area contributed by atoms with Gasteiger partial charge in [-0.1, -0.05) is 0 Å². The molecule has 1 unspecified atom stereocenters. The minimum Gasteiger partial charge on any atom is -0.368 e. The van der Waals surface area contributed by atoms with Gasteiger partial charge in [0, 0.05) is 36.6 Å². The molecule has 1 atom stereocenters. The molecule has 2 rings (SSSR count). The molecule has 0 aromatic carbocycles. The maximum Gasteiger partial charge on any atom is 0.240 e. The fourth-order valence-corrected chi connectivity index (χ4v) is 2.42. The van der Waals surface area contributed by atoms with Gasteiger partial charge in [0.1, 0.15) is 6.04 Å². The first-order valence-electron chi connectivity index (χ1n) is 7.49. The predicted octanol–water partition coefficient (Wildman–Crippen LogP) is 1.21. The maximum atomic E-state index is 11.5. The molecule has 1 aromatic rings. The number of piperidine rings is 1. The Bertz CT molecular complexity index is 480. The SMILES string of the molecule is CC(C)(C)NCc1cnc(N2CCCCC2C(N)=O)nc1. The fraction of sp³-hybridized carbons (Fsp3) is 0.667. The monoisotopic (exact) mass is 291 g/mol. The summed E-state index contributed by atoms with van der Waals surface area (Å²) in [5.41, 5.74) is 6.56. The van der Waals surface area contributed by atoms with Crippen LogP contribution in [0.4, 0.5) is 5.95 Å². The van der Waals surface area contributed by atoms with E-state index in [1.54, 1.807) is 0 Å². The molecule has 0 saturated carbocycles. The van der Waals surface area contributed by atoms with Crippen LogP contribution in [0.5, 0.6) is 0 Å². The first-order chi connectivity index (χ1) is 9.87. The highest BCUT2D eigenvalue weighted by Gasteiger charge is 2.28. The summed E-state index contributed by atoms with van der Waals surface area (Å²) in [4.78, 5) is 22.3. The lowest BCUT2D eigenvalue weighted by Gasteiger charge is -2.33. The average molecular weight is 291 g/mol. The number of carbonyl (C=O) groups is 1. The summed E-state index contributed by atoms with van der Waals surface area (Å²) < 4.78 is 0. The van der Waals surface area contributed by atoms with Gasteiger partial charge < -0.3 is 16.0 Å². The zero-order chi connectivity index (χ0) is 15.5. The van der Waals surface area contributed by atoms with E-state index in [-0.39, 0.29) is 17.5 Å². The van der Waals surface area contributed by atoms with Crippen LogP contribution in [-0.2, 0) is 11.3 Å². The first kappa shape index (κ1) is 15.7. The Balaban J connectivity index is 2.05. The lowest BCUT2D eigenvalue weighted by molar-refractivity contribution is -0.119. The van der Waals surface area contributed by atoms with Gasteiger partial charge in [0.2, 0.25) is 11.9 Å². The average Bonchev–Trinajstić information content (AvgIpc) is 2.45. The number of nitrogens with one attached hydrogen (secondary N) is 1. The molecule has 6 heteroatoms. The molecule has 1 saturated heterocycles. The van der Waals surface area contributed by atoms with Gasteiger partial charge in [0.05, 0.1) is 0 Å². The third-order valence-electron chi connectivity index (χ3n) is 3.60. The van der Waals surface area contributed by atoms with E-state index in [0.717, 1.165) is 37.9 Å². The van der Waals surface area contributed by atoms with Gasteiger partial charge in [-0.25, -0.2) is 9.97 Å². The molecule has 1 fully saturated rings. The predicted molar refractivity (Wildman–Crippen MR) is 82.8 cm³/mol. The number of primary amides is 1. The van der Waals surface area contributed by atoms with E-state index >= 15 is 0 Å². The van der Waals surface area contributed by atoms with E-state index < -0.39 is 0 Å². The van der Waals surface area contributed by atoms with E-state index in [9.17, 15) is 4.79 Å². The second-order valence-electron chi connectivity index (χ2n) is 6.60. The van der Waals surface area contributed by atoms with Crippen LogP contribution in [0, 0.1) is 0 Å². The highest BCUT2D eigenvalue weighted by atomic mass is 16.1. The molecule has 116 valence electrons. The van der Waals surface area contributed by atoms with Crippen molar-refractivity contribution in [1.82, 2.24) is 15.3 Å². The van der Waals surface area contributed by atoms with E-state index in [1.807, 2.05) is 17.3 Å². The minimum atomic E-state index is -0.295. The second kappa shape index (κ2) is 6.39. The van der Waals surface area contributed by atoms with Crippen LogP contribution in [-0.4, -0.2) is 34.0 Å². The van der Waals surface area contributed by atoms with Gasteiger partial charge in [0.25, 0.3) is 0 Å². The van der Waals surface area contributed by atoms with E-state index in [1.165, 1.54) is 0 Å². The van der Waals surface area contributed by atoms with Crippen LogP contribution >= 0.6 is 0 Å². The largest absolute Gasteiger partial charge is 0.368 e. The summed E-state index contributed by atoms with van der Waals surface area (Å²) in [6, 6.07) is -0.280. The van der Waals surface area contributed by atoms with Crippen LogP contribution in [0.1, 0.15) is 45.6 Å². The zero-order valence-electron chi connectivity index (χ0n) is 13.1. The van der Waals surface area contributed by atoms with Crippen LogP contribution in [0.25, 0.3) is 0 Å². The van der Waals surface area contributed by atoms with Crippen molar-refractivity contribution in [3.63, 3.8) is 0 Å². The van der Waals surface area contributed by atoms with Gasteiger partial charge >= 0.3 is 0 Å². The molecule has 0 spiro atoms. The standard InChI is InChI=1S/C15H25N5O/c1-15(2,3)19-10-11-8-17-14(18-9-11)20-7-5-4-6-12(20)13(16)21/h8-9,12,19H,4-7,10H2,1-3H3,(H2,16,21). The smallest absolute Gasteiger partial charge is 0.240 e. The van der Waals surface area contributed by atoms with Crippen LogP contribution in [0.3, 0.4) is 0 Å². The normalized spacial score (nSPS) is 19.6.